The summed E-state index contributed by atoms with van der Waals surface area (Å²) >= 11 is 0. The van der Waals surface area contributed by atoms with Gasteiger partial charge in [0.1, 0.15) is 12.7 Å². The zero-order valence-electron chi connectivity index (χ0n) is 5.92. The fourth-order valence-electron chi connectivity index (χ4n) is 1.54. The molecule has 2 aliphatic heterocycles. The first-order valence-electron chi connectivity index (χ1n) is 3.52. The van der Waals surface area contributed by atoms with Crippen LogP contribution in [0.3, 0.4) is 0 Å². The maximum atomic E-state index is 11.1. The Hall–Kier alpha value is -0.570. The van der Waals surface area contributed by atoms with Gasteiger partial charge in [0.05, 0.1) is 5.41 Å². The minimum Gasteiger partial charge on any atom is -0.462 e. The van der Waals surface area contributed by atoms with Crippen molar-refractivity contribution in [3.05, 3.63) is 0 Å². The van der Waals surface area contributed by atoms with E-state index in [-0.39, 0.29) is 17.5 Å². The predicted octanol–water partition coefficient (Wildman–Crippen LogP) is 0.338. The van der Waals surface area contributed by atoms with Gasteiger partial charge in [-0.15, -0.1) is 0 Å². The molecular formula is C7H10O3. The van der Waals surface area contributed by atoms with Crippen LogP contribution in [-0.4, -0.2) is 25.3 Å². The SMILES string of the molecule is CC12CCO[C@@H]1COC2=O. The number of carbonyl (C=O) groups is 1. The van der Waals surface area contributed by atoms with Crippen LogP contribution >= 0.6 is 0 Å². The molecule has 0 aromatic carbocycles. The Kier molecular flexibility index (Phi) is 1.06. The van der Waals surface area contributed by atoms with Crippen molar-refractivity contribution in [3.8, 4) is 0 Å². The highest BCUT2D eigenvalue weighted by molar-refractivity contribution is 5.79. The second-order valence-electron chi connectivity index (χ2n) is 3.13. The van der Waals surface area contributed by atoms with E-state index in [4.69, 9.17) is 9.47 Å². The fourth-order valence-corrected chi connectivity index (χ4v) is 1.54. The average molecular weight is 142 g/mol. The average Bonchev–Trinajstić information content (AvgIpc) is 2.36. The normalized spacial score (nSPS) is 45.3. The number of cyclic esters (lactones) is 1. The maximum Gasteiger partial charge on any atom is 0.314 e. The zero-order chi connectivity index (χ0) is 7.19. The first kappa shape index (κ1) is 6.16. The highest BCUT2D eigenvalue weighted by Crippen LogP contribution is 2.40. The molecule has 2 atom stereocenters. The lowest BCUT2D eigenvalue weighted by molar-refractivity contribution is -0.145. The Morgan fingerprint density at radius 2 is 2.50 bits per heavy atom. The van der Waals surface area contributed by atoms with Crippen LogP contribution in [0.4, 0.5) is 0 Å². The van der Waals surface area contributed by atoms with E-state index in [0.29, 0.717) is 13.2 Å². The molecule has 2 heterocycles. The third kappa shape index (κ3) is 0.560. The smallest absolute Gasteiger partial charge is 0.314 e. The molecule has 0 saturated carbocycles. The van der Waals surface area contributed by atoms with Crippen molar-refractivity contribution in [3.63, 3.8) is 0 Å². The number of hydrogen-bond donors (Lipinski definition) is 0. The molecule has 0 radical (unpaired) electrons. The van der Waals surface area contributed by atoms with Gasteiger partial charge in [-0.2, -0.15) is 0 Å². The van der Waals surface area contributed by atoms with Crippen LogP contribution < -0.4 is 0 Å². The molecule has 3 nitrogen and oxygen atoms in total. The highest BCUT2D eigenvalue weighted by atomic mass is 16.6. The number of ether oxygens (including phenoxy) is 2. The molecule has 0 amide bonds. The van der Waals surface area contributed by atoms with Gasteiger partial charge in [0.2, 0.25) is 0 Å². The van der Waals surface area contributed by atoms with Crippen LogP contribution in [0.2, 0.25) is 0 Å². The van der Waals surface area contributed by atoms with Gasteiger partial charge < -0.3 is 9.47 Å². The second kappa shape index (κ2) is 1.72. The lowest BCUT2D eigenvalue weighted by Crippen LogP contribution is -2.28. The molecule has 0 spiro atoms. The maximum absolute atomic E-state index is 11.1. The molecule has 0 aromatic rings. The van der Waals surface area contributed by atoms with Crippen molar-refractivity contribution in [2.24, 2.45) is 5.41 Å². The Morgan fingerprint density at radius 1 is 1.70 bits per heavy atom. The quantitative estimate of drug-likeness (QED) is 0.457. The Morgan fingerprint density at radius 3 is 3.20 bits per heavy atom. The van der Waals surface area contributed by atoms with Crippen LogP contribution in [-0.2, 0) is 14.3 Å². The molecule has 10 heavy (non-hydrogen) atoms. The zero-order valence-corrected chi connectivity index (χ0v) is 5.92. The molecule has 0 aliphatic carbocycles. The molecule has 2 aliphatic rings. The van der Waals surface area contributed by atoms with Crippen molar-refractivity contribution in [2.45, 2.75) is 19.4 Å². The standard InChI is InChI=1S/C7H10O3/c1-7-2-3-9-5(7)4-10-6(7)8/h5H,2-4H2,1H3/t5-,7?/m1/s1. The van der Waals surface area contributed by atoms with E-state index >= 15 is 0 Å². The van der Waals surface area contributed by atoms with Crippen LogP contribution in [0.5, 0.6) is 0 Å². The van der Waals surface area contributed by atoms with Crippen LogP contribution in [0.15, 0.2) is 0 Å². The third-order valence-electron chi connectivity index (χ3n) is 2.48. The number of rotatable bonds is 0. The van der Waals surface area contributed by atoms with E-state index < -0.39 is 0 Å². The molecule has 2 rings (SSSR count). The van der Waals surface area contributed by atoms with Gasteiger partial charge in [-0.25, -0.2) is 0 Å². The summed E-state index contributed by atoms with van der Waals surface area (Å²) < 4.78 is 10.2. The molecule has 2 saturated heterocycles. The minimum absolute atomic E-state index is 0.0278. The minimum atomic E-state index is -0.319. The van der Waals surface area contributed by atoms with E-state index in [0.717, 1.165) is 6.42 Å². The van der Waals surface area contributed by atoms with Crippen molar-refractivity contribution in [2.75, 3.05) is 13.2 Å². The monoisotopic (exact) mass is 142 g/mol. The molecule has 2 fully saturated rings. The van der Waals surface area contributed by atoms with Gasteiger partial charge >= 0.3 is 5.97 Å². The summed E-state index contributed by atoms with van der Waals surface area (Å²) in [5.74, 6) is -0.0880. The summed E-state index contributed by atoms with van der Waals surface area (Å²) in [6.07, 6.45) is 0.844. The summed E-state index contributed by atoms with van der Waals surface area (Å²) in [7, 11) is 0. The number of carbonyl (C=O) groups excluding carboxylic acids is 1. The van der Waals surface area contributed by atoms with Gasteiger partial charge in [-0.3, -0.25) is 4.79 Å². The lowest BCUT2D eigenvalue weighted by Gasteiger charge is -2.14. The first-order valence-corrected chi connectivity index (χ1v) is 3.52. The number of hydrogen-bond acceptors (Lipinski definition) is 3. The summed E-state index contributed by atoms with van der Waals surface area (Å²) in [6, 6.07) is 0. The van der Waals surface area contributed by atoms with Gasteiger partial charge in [0.15, 0.2) is 0 Å². The largest absolute Gasteiger partial charge is 0.462 e. The van der Waals surface area contributed by atoms with E-state index in [1.165, 1.54) is 0 Å². The summed E-state index contributed by atoms with van der Waals surface area (Å²) in [6.45, 7) is 3.08. The molecule has 56 valence electrons. The van der Waals surface area contributed by atoms with E-state index in [1.54, 1.807) is 0 Å². The topological polar surface area (TPSA) is 35.5 Å². The Balaban J connectivity index is 2.30. The third-order valence-corrected chi connectivity index (χ3v) is 2.48. The molecule has 0 bridgehead atoms. The molecule has 0 aromatic heterocycles. The number of fused-ring (bicyclic) bond motifs is 1. The first-order chi connectivity index (χ1) is 4.73. The van der Waals surface area contributed by atoms with Crippen LogP contribution in [0.1, 0.15) is 13.3 Å². The second-order valence-corrected chi connectivity index (χ2v) is 3.13. The van der Waals surface area contributed by atoms with Gasteiger partial charge in [-0.05, 0) is 13.3 Å². The number of esters is 1. The van der Waals surface area contributed by atoms with Crippen LogP contribution in [0, 0.1) is 5.41 Å². The lowest BCUT2D eigenvalue weighted by atomic mass is 9.86. The van der Waals surface area contributed by atoms with Crippen molar-refractivity contribution < 1.29 is 14.3 Å². The summed E-state index contributed by atoms with van der Waals surface area (Å²) in [4.78, 5) is 11.1. The summed E-state index contributed by atoms with van der Waals surface area (Å²) in [5.41, 5.74) is -0.319. The Bertz CT molecular complexity index is 178. The van der Waals surface area contributed by atoms with Crippen LogP contribution in [0.25, 0.3) is 0 Å². The van der Waals surface area contributed by atoms with Crippen molar-refractivity contribution >= 4 is 5.97 Å². The van der Waals surface area contributed by atoms with Crippen molar-refractivity contribution in [1.29, 1.82) is 0 Å². The van der Waals surface area contributed by atoms with Crippen molar-refractivity contribution in [1.82, 2.24) is 0 Å². The van der Waals surface area contributed by atoms with Gasteiger partial charge in [-0.1, -0.05) is 0 Å². The molecule has 3 heteroatoms. The van der Waals surface area contributed by atoms with E-state index in [9.17, 15) is 4.79 Å². The highest BCUT2D eigenvalue weighted by Gasteiger charge is 2.52. The van der Waals surface area contributed by atoms with Gasteiger partial charge in [0.25, 0.3) is 0 Å². The summed E-state index contributed by atoms with van der Waals surface area (Å²) in [5, 5.41) is 0. The Labute approximate surface area is 59.3 Å². The van der Waals surface area contributed by atoms with E-state index in [2.05, 4.69) is 0 Å². The fraction of sp³-hybridized carbons (Fsp3) is 0.857. The molecule has 0 N–H and O–H groups in total. The van der Waals surface area contributed by atoms with Gasteiger partial charge in [0, 0.05) is 6.61 Å². The molecular weight excluding hydrogens is 132 g/mol. The van der Waals surface area contributed by atoms with E-state index in [1.807, 2.05) is 6.92 Å². The molecule has 1 unspecified atom stereocenters. The predicted molar refractivity (Wildman–Crippen MR) is 33.4 cm³/mol.